The summed E-state index contributed by atoms with van der Waals surface area (Å²) in [5, 5.41) is 13.9. The average molecular weight is 406 g/mol. The van der Waals surface area contributed by atoms with Crippen molar-refractivity contribution in [1.82, 2.24) is 24.6 Å². The van der Waals surface area contributed by atoms with E-state index in [4.69, 9.17) is 10.2 Å². The highest BCUT2D eigenvalue weighted by Crippen LogP contribution is 2.20. The van der Waals surface area contributed by atoms with Crippen molar-refractivity contribution in [3.63, 3.8) is 0 Å². The Bertz CT molecular complexity index is 1130. The van der Waals surface area contributed by atoms with Gasteiger partial charge in [0.05, 0.1) is 23.4 Å². The maximum absolute atomic E-state index is 12.6. The molecule has 1 fully saturated rings. The number of hydrogen-bond donors (Lipinski definition) is 1. The SMILES string of the molecule is CC(C)(C)n1ncc2c(=O)[nH]c(N3CCCN(Cc4ccc(C#N)cc4)CC3)nc21. The van der Waals surface area contributed by atoms with E-state index in [1.807, 2.05) is 28.9 Å². The Balaban J connectivity index is 1.52. The van der Waals surface area contributed by atoms with E-state index in [1.165, 1.54) is 5.56 Å². The Kier molecular flexibility index (Phi) is 5.31. The zero-order chi connectivity index (χ0) is 21.3. The zero-order valence-corrected chi connectivity index (χ0v) is 17.7. The molecule has 0 unspecified atom stereocenters. The first-order valence-electron chi connectivity index (χ1n) is 10.3. The molecule has 8 nitrogen and oxygen atoms in total. The van der Waals surface area contributed by atoms with Crippen LogP contribution in [0.3, 0.4) is 0 Å². The molecular formula is C22H27N7O. The Morgan fingerprint density at radius 2 is 1.90 bits per heavy atom. The van der Waals surface area contributed by atoms with Gasteiger partial charge in [0, 0.05) is 32.7 Å². The minimum absolute atomic E-state index is 0.149. The second-order valence-corrected chi connectivity index (χ2v) is 8.78. The molecule has 8 heteroatoms. The molecule has 0 saturated carbocycles. The van der Waals surface area contributed by atoms with Crippen molar-refractivity contribution in [3.8, 4) is 6.07 Å². The predicted octanol–water partition coefficient (Wildman–Crippen LogP) is 2.46. The van der Waals surface area contributed by atoms with Crippen LogP contribution in [0.25, 0.3) is 11.0 Å². The lowest BCUT2D eigenvalue weighted by Crippen LogP contribution is -2.33. The van der Waals surface area contributed by atoms with Crippen molar-refractivity contribution in [3.05, 3.63) is 51.9 Å². The van der Waals surface area contributed by atoms with Crippen molar-refractivity contribution >= 4 is 17.0 Å². The number of aromatic amines is 1. The van der Waals surface area contributed by atoms with Crippen LogP contribution < -0.4 is 10.5 Å². The molecule has 0 bridgehead atoms. The van der Waals surface area contributed by atoms with Gasteiger partial charge < -0.3 is 4.90 Å². The lowest BCUT2D eigenvalue weighted by atomic mass is 10.1. The van der Waals surface area contributed by atoms with Crippen molar-refractivity contribution in [1.29, 1.82) is 5.26 Å². The van der Waals surface area contributed by atoms with Gasteiger partial charge in [-0.1, -0.05) is 12.1 Å². The van der Waals surface area contributed by atoms with Crippen molar-refractivity contribution in [2.45, 2.75) is 39.3 Å². The summed E-state index contributed by atoms with van der Waals surface area (Å²) >= 11 is 0. The standard InChI is InChI=1S/C22H27N7O/c1-22(2,3)29-19-18(14-24-29)20(30)26-21(25-19)28-10-4-9-27(11-12-28)15-17-7-5-16(13-23)6-8-17/h5-8,14H,4,9-12,15H2,1-3H3,(H,25,26,30). The predicted molar refractivity (Wildman–Crippen MR) is 116 cm³/mol. The number of fused-ring (bicyclic) bond motifs is 1. The van der Waals surface area contributed by atoms with E-state index in [9.17, 15) is 4.79 Å². The van der Waals surface area contributed by atoms with Gasteiger partial charge in [-0.2, -0.15) is 15.3 Å². The third kappa shape index (κ3) is 4.07. The average Bonchev–Trinajstić information content (AvgIpc) is 3.03. The fourth-order valence-corrected chi connectivity index (χ4v) is 3.83. The quantitative estimate of drug-likeness (QED) is 0.719. The van der Waals surface area contributed by atoms with E-state index in [-0.39, 0.29) is 11.1 Å². The molecule has 0 amide bonds. The number of nitrogens with one attached hydrogen (secondary N) is 1. The summed E-state index contributed by atoms with van der Waals surface area (Å²) in [6.07, 6.45) is 2.58. The molecule has 156 valence electrons. The molecule has 1 N–H and O–H groups in total. The number of anilines is 1. The molecule has 1 aromatic carbocycles. The van der Waals surface area contributed by atoms with Gasteiger partial charge in [-0.05, 0) is 44.9 Å². The number of H-pyrrole nitrogens is 1. The molecular weight excluding hydrogens is 378 g/mol. The van der Waals surface area contributed by atoms with Crippen LogP contribution in [-0.2, 0) is 12.1 Å². The molecule has 0 spiro atoms. The van der Waals surface area contributed by atoms with Gasteiger partial charge in [-0.3, -0.25) is 14.7 Å². The van der Waals surface area contributed by atoms with Crippen LogP contribution in [0, 0.1) is 11.3 Å². The second-order valence-electron chi connectivity index (χ2n) is 8.78. The molecule has 0 aliphatic carbocycles. The molecule has 30 heavy (non-hydrogen) atoms. The van der Waals surface area contributed by atoms with Crippen LogP contribution in [-0.4, -0.2) is 50.8 Å². The molecule has 1 aliphatic rings. The van der Waals surface area contributed by atoms with Crippen LogP contribution in [0.1, 0.15) is 38.3 Å². The van der Waals surface area contributed by atoms with Crippen LogP contribution in [0.15, 0.2) is 35.3 Å². The number of hydrogen-bond acceptors (Lipinski definition) is 6. The van der Waals surface area contributed by atoms with E-state index < -0.39 is 0 Å². The van der Waals surface area contributed by atoms with Crippen molar-refractivity contribution in [2.75, 3.05) is 31.1 Å². The van der Waals surface area contributed by atoms with E-state index >= 15 is 0 Å². The second kappa shape index (κ2) is 7.92. The van der Waals surface area contributed by atoms with Gasteiger partial charge >= 0.3 is 0 Å². The van der Waals surface area contributed by atoms with Crippen LogP contribution in [0.4, 0.5) is 5.95 Å². The van der Waals surface area contributed by atoms with Gasteiger partial charge in [0.15, 0.2) is 5.65 Å². The molecule has 1 aliphatic heterocycles. The minimum atomic E-state index is -0.253. The smallest absolute Gasteiger partial charge is 0.263 e. The van der Waals surface area contributed by atoms with Gasteiger partial charge in [0.25, 0.3) is 5.56 Å². The molecule has 0 radical (unpaired) electrons. The Labute approximate surface area is 175 Å². The van der Waals surface area contributed by atoms with E-state index in [1.54, 1.807) is 6.20 Å². The summed E-state index contributed by atoms with van der Waals surface area (Å²) in [5.74, 6) is 0.610. The van der Waals surface area contributed by atoms with Crippen LogP contribution in [0.2, 0.25) is 0 Å². The van der Waals surface area contributed by atoms with Crippen molar-refractivity contribution in [2.24, 2.45) is 0 Å². The van der Waals surface area contributed by atoms with Crippen LogP contribution >= 0.6 is 0 Å². The Hall–Kier alpha value is -3.18. The van der Waals surface area contributed by atoms with E-state index in [2.05, 4.69) is 46.7 Å². The van der Waals surface area contributed by atoms with E-state index in [0.717, 1.165) is 39.1 Å². The van der Waals surface area contributed by atoms with Crippen molar-refractivity contribution < 1.29 is 0 Å². The van der Waals surface area contributed by atoms with Gasteiger partial charge in [0.2, 0.25) is 5.95 Å². The molecule has 3 aromatic rings. The maximum atomic E-state index is 12.6. The summed E-state index contributed by atoms with van der Waals surface area (Å²) in [4.78, 5) is 24.9. The lowest BCUT2D eigenvalue weighted by molar-refractivity contribution is 0.285. The largest absolute Gasteiger partial charge is 0.341 e. The maximum Gasteiger partial charge on any atom is 0.263 e. The molecule has 0 atom stereocenters. The topological polar surface area (TPSA) is 93.8 Å². The highest BCUT2D eigenvalue weighted by molar-refractivity contribution is 5.74. The van der Waals surface area contributed by atoms with Gasteiger partial charge in [-0.15, -0.1) is 0 Å². The third-order valence-electron chi connectivity index (χ3n) is 5.44. The molecule has 2 aromatic heterocycles. The summed E-state index contributed by atoms with van der Waals surface area (Å²) in [6.45, 7) is 10.5. The van der Waals surface area contributed by atoms with Gasteiger partial charge in [-0.25, -0.2) is 4.68 Å². The minimum Gasteiger partial charge on any atom is -0.341 e. The number of aromatic nitrogens is 4. The van der Waals surface area contributed by atoms with E-state index in [0.29, 0.717) is 22.5 Å². The molecule has 1 saturated heterocycles. The summed E-state index contributed by atoms with van der Waals surface area (Å²) in [6, 6.07) is 9.91. The first-order valence-corrected chi connectivity index (χ1v) is 10.3. The monoisotopic (exact) mass is 405 g/mol. The normalized spacial score (nSPS) is 15.9. The fraction of sp³-hybridized carbons (Fsp3) is 0.455. The first kappa shape index (κ1) is 20.1. The van der Waals surface area contributed by atoms with Crippen LogP contribution in [0.5, 0.6) is 0 Å². The molecule has 3 heterocycles. The lowest BCUT2D eigenvalue weighted by Gasteiger charge is -2.23. The number of nitriles is 1. The Morgan fingerprint density at radius 1 is 1.13 bits per heavy atom. The summed E-state index contributed by atoms with van der Waals surface area (Å²) < 4.78 is 1.82. The van der Waals surface area contributed by atoms with Gasteiger partial charge in [0.1, 0.15) is 5.39 Å². The summed E-state index contributed by atoms with van der Waals surface area (Å²) in [5.41, 5.74) is 2.10. The fourth-order valence-electron chi connectivity index (χ4n) is 3.83. The third-order valence-corrected chi connectivity index (χ3v) is 5.44. The number of nitrogens with zero attached hydrogens (tertiary/aromatic N) is 6. The Morgan fingerprint density at radius 3 is 2.60 bits per heavy atom. The zero-order valence-electron chi connectivity index (χ0n) is 17.7. The number of rotatable bonds is 3. The summed E-state index contributed by atoms with van der Waals surface area (Å²) in [7, 11) is 0. The molecule has 4 rings (SSSR count). The highest BCUT2D eigenvalue weighted by Gasteiger charge is 2.22. The highest BCUT2D eigenvalue weighted by atomic mass is 16.1. The number of benzene rings is 1. The first-order chi connectivity index (χ1) is 14.3.